The van der Waals surface area contributed by atoms with Gasteiger partial charge in [0.15, 0.2) is 0 Å². The van der Waals surface area contributed by atoms with E-state index in [2.05, 4.69) is 79.9 Å². The summed E-state index contributed by atoms with van der Waals surface area (Å²) >= 11 is 0. The normalized spacial score (nSPS) is 12.4. The molecule has 0 saturated carbocycles. The Kier molecular flexibility index (Phi) is 7.28. The van der Waals surface area contributed by atoms with Crippen LogP contribution in [-0.2, 0) is 12.8 Å². The Hall–Kier alpha value is -5.80. The fourth-order valence-corrected chi connectivity index (χ4v) is 6.31. The van der Waals surface area contributed by atoms with Crippen LogP contribution >= 0.6 is 0 Å². The summed E-state index contributed by atoms with van der Waals surface area (Å²) in [4.78, 5) is 15.9. The standard InChI is InChI=1S/C42H32N2O/c1-3-9-28-15-19-30(20-16-28)33-25-34(31-21-17-29(10-4-2)18-22-31)27-35(26-33)44-41(43)38-14-8-13-37-36(32-11-6-5-7-12-32)23-24-39(40(37)38)42(44)45/h3-8,11-27,43H,1-2,9-10H2. The fraction of sp³-hybridized carbons (Fsp3) is 0.0476. The number of hydrogen-bond donors (Lipinski definition) is 1. The smallest absolute Gasteiger partial charge is 0.264 e. The third-order valence-electron chi connectivity index (χ3n) is 8.55. The first-order valence-corrected chi connectivity index (χ1v) is 15.2. The number of anilines is 1. The SMILES string of the molecule is C=CCc1ccc(-c2cc(-c3ccc(CC=C)cc3)cc(N3C(=N)c4cccc5c(-c6ccccc6)ccc(c45)C3=O)c2)cc1. The largest absolute Gasteiger partial charge is 0.283 e. The Bertz CT molecular complexity index is 2010. The van der Waals surface area contributed by atoms with Crippen molar-refractivity contribution in [1.29, 1.82) is 5.41 Å². The van der Waals surface area contributed by atoms with E-state index in [4.69, 9.17) is 0 Å². The van der Waals surface area contributed by atoms with Gasteiger partial charge in [0, 0.05) is 16.5 Å². The number of allylic oxidation sites excluding steroid dienone is 2. The van der Waals surface area contributed by atoms with Gasteiger partial charge in [-0.05, 0) is 87.0 Å². The minimum atomic E-state index is -0.200. The van der Waals surface area contributed by atoms with Crippen molar-refractivity contribution in [1.82, 2.24) is 0 Å². The highest BCUT2D eigenvalue weighted by molar-refractivity contribution is 6.37. The lowest BCUT2D eigenvalue weighted by Crippen LogP contribution is -2.40. The maximum Gasteiger partial charge on any atom is 0.264 e. The lowest BCUT2D eigenvalue weighted by atomic mass is 9.88. The molecule has 0 spiro atoms. The third kappa shape index (κ3) is 5.09. The van der Waals surface area contributed by atoms with Crippen molar-refractivity contribution in [3.05, 3.63) is 175 Å². The first-order valence-electron chi connectivity index (χ1n) is 15.2. The van der Waals surface area contributed by atoms with E-state index in [1.807, 2.05) is 72.8 Å². The summed E-state index contributed by atoms with van der Waals surface area (Å²) in [5.41, 5.74) is 10.6. The topological polar surface area (TPSA) is 44.2 Å². The van der Waals surface area contributed by atoms with Crippen molar-refractivity contribution in [3.63, 3.8) is 0 Å². The quantitative estimate of drug-likeness (QED) is 0.179. The Labute approximate surface area is 263 Å². The van der Waals surface area contributed by atoms with E-state index in [0.717, 1.165) is 62.6 Å². The van der Waals surface area contributed by atoms with Gasteiger partial charge in [0.1, 0.15) is 5.84 Å². The van der Waals surface area contributed by atoms with Crippen LogP contribution in [0.5, 0.6) is 0 Å². The summed E-state index contributed by atoms with van der Waals surface area (Å²) in [6.07, 6.45) is 5.41. The number of nitrogens with one attached hydrogen (secondary N) is 1. The minimum Gasteiger partial charge on any atom is -0.283 e. The average molecular weight is 581 g/mol. The van der Waals surface area contributed by atoms with Crippen LogP contribution in [0.15, 0.2) is 153 Å². The van der Waals surface area contributed by atoms with Crippen LogP contribution in [0, 0.1) is 5.41 Å². The van der Waals surface area contributed by atoms with E-state index < -0.39 is 0 Å². The zero-order chi connectivity index (χ0) is 30.9. The molecule has 0 atom stereocenters. The highest BCUT2D eigenvalue weighted by Crippen LogP contribution is 2.40. The predicted molar refractivity (Wildman–Crippen MR) is 188 cm³/mol. The molecule has 6 aromatic carbocycles. The fourth-order valence-electron chi connectivity index (χ4n) is 6.31. The second-order valence-corrected chi connectivity index (χ2v) is 11.4. The Morgan fingerprint density at radius 1 is 0.556 bits per heavy atom. The van der Waals surface area contributed by atoms with Crippen molar-refractivity contribution >= 4 is 28.2 Å². The van der Waals surface area contributed by atoms with E-state index in [-0.39, 0.29) is 11.7 Å². The van der Waals surface area contributed by atoms with Gasteiger partial charge in [0.25, 0.3) is 5.91 Å². The first kappa shape index (κ1) is 28.0. The van der Waals surface area contributed by atoms with Crippen LogP contribution in [-0.4, -0.2) is 11.7 Å². The molecule has 0 aromatic heterocycles. The second-order valence-electron chi connectivity index (χ2n) is 11.4. The van der Waals surface area contributed by atoms with Crippen LogP contribution in [0.1, 0.15) is 27.0 Å². The number of hydrogen-bond acceptors (Lipinski definition) is 2. The average Bonchev–Trinajstić information content (AvgIpc) is 3.08. The first-order chi connectivity index (χ1) is 22.1. The number of carbonyl (C=O) groups excluding carboxylic acids is 1. The molecule has 3 heteroatoms. The van der Waals surface area contributed by atoms with Crippen LogP contribution < -0.4 is 4.90 Å². The van der Waals surface area contributed by atoms with E-state index in [9.17, 15) is 10.2 Å². The van der Waals surface area contributed by atoms with Crippen LogP contribution in [0.3, 0.4) is 0 Å². The highest BCUT2D eigenvalue weighted by Gasteiger charge is 2.32. The molecule has 1 aliphatic rings. The van der Waals surface area contributed by atoms with E-state index in [1.54, 1.807) is 4.90 Å². The van der Waals surface area contributed by atoms with Gasteiger partial charge in [0.05, 0.1) is 5.69 Å². The maximum absolute atomic E-state index is 14.4. The van der Waals surface area contributed by atoms with Gasteiger partial charge in [-0.15, -0.1) is 13.2 Å². The number of rotatable bonds is 8. The molecule has 0 bridgehead atoms. The number of amides is 1. The minimum absolute atomic E-state index is 0.175. The number of nitrogens with zero attached hydrogens (tertiary/aromatic N) is 1. The van der Waals surface area contributed by atoms with Crippen molar-refractivity contribution < 1.29 is 4.79 Å². The van der Waals surface area contributed by atoms with Gasteiger partial charge in [-0.1, -0.05) is 115 Å². The molecular weight excluding hydrogens is 548 g/mol. The van der Waals surface area contributed by atoms with Crippen molar-refractivity contribution in [2.75, 3.05) is 4.90 Å². The summed E-state index contributed by atoms with van der Waals surface area (Å²) in [5, 5.41) is 11.2. The molecule has 45 heavy (non-hydrogen) atoms. The zero-order valence-electron chi connectivity index (χ0n) is 25.0. The molecule has 0 unspecified atom stereocenters. The number of benzene rings is 6. The molecule has 6 aromatic rings. The van der Waals surface area contributed by atoms with Crippen LogP contribution in [0.25, 0.3) is 44.2 Å². The van der Waals surface area contributed by atoms with Gasteiger partial charge < -0.3 is 0 Å². The van der Waals surface area contributed by atoms with Gasteiger partial charge >= 0.3 is 0 Å². The molecular formula is C42H32N2O. The molecule has 0 fully saturated rings. The molecule has 216 valence electrons. The summed E-state index contributed by atoms with van der Waals surface area (Å²) in [6.45, 7) is 7.73. The summed E-state index contributed by atoms with van der Waals surface area (Å²) in [6, 6.07) is 43.2. The molecule has 0 aliphatic carbocycles. The molecule has 0 radical (unpaired) electrons. The molecule has 7 rings (SSSR count). The van der Waals surface area contributed by atoms with E-state index in [0.29, 0.717) is 11.3 Å². The third-order valence-corrected chi connectivity index (χ3v) is 8.55. The Morgan fingerprint density at radius 3 is 1.71 bits per heavy atom. The summed E-state index contributed by atoms with van der Waals surface area (Å²) in [7, 11) is 0. The molecule has 0 saturated heterocycles. The molecule has 1 heterocycles. The van der Waals surface area contributed by atoms with Crippen molar-refractivity contribution in [2.24, 2.45) is 0 Å². The lowest BCUT2D eigenvalue weighted by Gasteiger charge is -2.31. The van der Waals surface area contributed by atoms with Crippen molar-refractivity contribution in [3.8, 4) is 33.4 Å². The Morgan fingerprint density at radius 2 is 1.13 bits per heavy atom. The van der Waals surface area contributed by atoms with Gasteiger partial charge in [-0.2, -0.15) is 0 Å². The lowest BCUT2D eigenvalue weighted by molar-refractivity contribution is 0.100. The molecule has 1 amide bonds. The van der Waals surface area contributed by atoms with Gasteiger partial charge in [-0.3, -0.25) is 15.1 Å². The van der Waals surface area contributed by atoms with Crippen LogP contribution in [0.4, 0.5) is 5.69 Å². The molecule has 3 nitrogen and oxygen atoms in total. The van der Waals surface area contributed by atoms with Gasteiger partial charge in [0.2, 0.25) is 0 Å². The maximum atomic E-state index is 14.4. The summed E-state index contributed by atoms with van der Waals surface area (Å²) in [5.74, 6) is -0.0249. The molecule has 1 aliphatic heterocycles. The van der Waals surface area contributed by atoms with E-state index >= 15 is 0 Å². The van der Waals surface area contributed by atoms with Crippen molar-refractivity contribution in [2.45, 2.75) is 12.8 Å². The summed E-state index contributed by atoms with van der Waals surface area (Å²) < 4.78 is 0. The number of amidine groups is 1. The van der Waals surface area contributed by atoms with Gasteiger partial charge in [-0.25, -0.2) is 0 Å². The highest BCUT2D eigenvalue weighted by atomic mass is 16.2. The van der Waals surface area contributed by atoms with E-state index in [1.165, 1.54) is 11.1 Å². The Balaban J connectivity index is 1.37. The predicted octanol–water partition coefficient (Wildman–Crippen LogP) is 10.3. The second kappa shape index (κ2) is 11.7. The van der Waals surface area contributed by atoms with Crippen LogP contribution in [0.2, 0.25) is 0 Å². The number of carbonyl (C=O) groups is 1. The zero-order valence-corrected chi connectivity index (χ0v) is 25.0. The molecule has 1 N–H and O–H groups in total. The monoisotopic (exact) mass is 580 g/mol.